The van der Waals surface area contributed by atoms with Crippen LogP contribution in [0, 0.1) is 21.7 Å². The molecule has 0 heterocycles. The van der Waals surface area contributed by atoms with Gasteiger partial charge in [-0.3, -0.25) is 0 Å². The van der Waals surface area contributed by atoms with Crippen LogP contribution < -0.4 is 0 Å². The van der Waals surface area contributed by atoms with E-state index in [0.717, 1.165) is 0 Å². The molecule has 0 radical (unpaired) electrons. The molecular weight excluding hydrogens is 180 g/mol. The molecule has 0 saturated heterocycles. The maximum Gasteiger partial charge on any atom is -0.00514 e. The van der Waals surface area contributed by atoms with E-state index in [4.69, 9.17) is 0 Å². The van der Waals surface area contributed by atoms with Crippen LogP contribution in [0.25, 0.3) is 0 Å². The van der Waals surface area contributed by atoms with Gasteiger partial charge in [0, 0.05) is 0 Å². The SMILES string of the molecule is CC1=C(C)[C@]2(C)CC1(C)C(C)(C)C2(C)C. The Morgan fingerprint density at radius 1 is 0.667 bits per heavy atom. The molecule has 0 heteroatoms. The van der Waals surface area contributed by atoms with E-state index in [9.17, 15) is 0 Å². The predicted octanol–water partition coefficient (Wildman–Crippen LogP) is 4.81. The Morgan fingerprint density at radius 2 is 0.933 bits per heavy atom. The topological polar surface area (TPSA) is 0 Å². The Morgan fingerprint density at radius 3 is 1.13 bits per heavy atom. The first-order valence-corrected chi connectivity index (χ1v) is 6.21. The van der Waals surface area contributed by atoms with Gasteiger partial charge in [0.25, 0.3) is 0 Å². The van der Waals surface area contributed by atoms with Crippen LogP contribution in [0.4, 0.5) is 0 Å². The molecule has 15 heavy (non-hydrogen) atoms. The molecule has 0 amide bonds. The highest BCUT2D eigenvalue weighted by atomic mass is 14.7. The van der Waals surface area contributed by atoms with E-state index in [0.29, 0.717) is 21.7 Å². The van der Waals surface area contributed by atoms with E-state index in [1.54, 1.807) is 11.1 Å². The highest BCUT2D eigenvalue weighted by Gasteiger charge is 2.70. The summed E-state index contributed by atoms with van der Waals surface area (Å²) in [5.41, 5.74) is 4.95. The number of fused-ring (bicyclic) bond motifs is 2. The first-order valence-electron chi connectivity index (χ1n) is 6.21. The third-order valence-corrected chi connectivity index (χ3v) is 7.25. The van der Waals surface area contributed by atoms with Crippen molar-refractivity contribution < 1.29 is 0 Å². The minimum atomic E-state index is 0.401. The molecule has 1 fully saturated rings. The molecule has 2 rings (SSSR count). The third-order valence-electron chi connectivity index (χ3n) is 7.25. The second kappa shape index (κ2) is 2.36. The largest absolute Gasteiger partial charge is 0.0673 e. The predicted molar refractivity (Wildman–Crippen MR) is 66.8 cm³/mol. The van der Waals surface area contributed by atoms with E-state index in [-0.39, 0.29) is 0 Å². The normalized spacial score (nSPS) is 46.4. The maximum atomic E-state index is 2.48. The molecule has 2 aliphatic rings. The van der Waals surface area contributed by atoms with Crippen LogP contribution >= 0.6 is 0 Å². The zero-order valence-electron chi connectivity index (χ0n) is 11.7. The van der Waals surface area contributed by atoms with Crippen molar-refractivity contribution in [1.29, 1.82) is 0 Å². The summed E-state index contributed by atoms with van der Waals surface area (Å²) in [4.78, 5) is 0. The Balaban J connectivity index is 2.76. The second-order valence-corrected chi connectivity index (χ2v) is 7.34. The minimum Gasteiger partial charge on any atom is -0.0673 e. The fourth-order valence-electron chi connectivity index (χ4n) is 4.56. The zero-order valence-corrected chi connectivity index (χ0v) is 11.7. The van der Waals surface area contributed by atoms with Gasteiger partial charge < -0.3 is 0 Å². The van der Waals surface area contributed by atoms with E-state index in [2.05, 4.69) is 55.4 Å². The van der Waals surface area contributed by atoms with Crippen molar-refractivity contribution in [3.63, 3.8) is 0 Å². The highest BCUT2D eigenvalue weighted by molar-refractivity contribution is 5.42. The van der Waals surface area contributed by atoms with Gasteiger partial charge in [-0.15, -0.1) is 0 Å². The molecule has 1 saturated carbocycles. The summed E-state index contributed by atoms with van der Waals surface area (Å²) in [6.45, 7) is 19.5. The zero-order chi connectivity index (χ0) is 11.9. The van der Waals surface area contributed by atoms with Crippen LogP contribution in [0.3, 0.4) is 0 Å². The van der Waals surface area contributed by atoms with E-state index in [1.807, 2.05) is 0 Å². The summed E-state index contributed by atoms with van der Waals surface area (Å²) >= 11 is 0. The van der Waals surface area contributed by atoms with E-state index >= 15 is 0 Å². The first-order chi connectivity index (χ1) is 6.52. The number of rotatable bonds is 0. The summed E-state index contributed by atoms with van der Waals surface area (Å²) in [5.74, 6) is 0. The van der Waals surface area contributed by atoms with Gasteiger partial charge in [-0.25, -0.2) is 0 Å². The van der Waals surface area contributed by atoms with Gasteiger partial charge in [-0.05, 0) is 41.9 Å². The highest BCUT2D eigenvalue weighted by Crippen LogP contribution is 2.78. The molecule has 2 aliphatic carbocycles. The molecule has 0 aromatic heterocycles. The van der Waals surface area contributed by atoms with E-state index in [1.165, 1.54) is 6.42 Å². The molecule has 2 bridgehead atoms. The molecule has 0 aliphatic heterocycles. The standard InChI is InChI=1S/C15H26/c1-10-11(2)15(8)9-14(10,7)12(3,4)13(15,5)6/h9H2,1-8H3/t14-,15?/m0/s1. The summed E-state index contributed by atoms with van der Waals surface area (Å²) in [6, 6.07) is 0. The van der Waals surface area contributed by atoms with Crippen molar-refractivity contribution in [2.45, 2.75) is 61.8 Å². The molecular formula is C15H26. The molecule has 0 N–H and O–H groups in total. The van der Waals surface area contributed by atoms with Gasteiger partial charge in [0.15, 0.2) is 0 Å². The summed E-state index contributed by atoms with van der Waals surface area (Å²) in [7, 11) is 0. The third kappa shape index (κ3) is 0.797. The van der Waals surface area contributed by atoms with Crippen molar-refractivity contribution in [2.24, 2.45) is 21.7 Å². The van der Waals surface area contributed by atoms with Crippen LogP contribution in [0.2, 0.25) is 0 Å². The van der Waals surface area contributed by atoms with Crippen LogP contribution in [0.5, 0.6) is 0 Å². The van der Waals surface area contributed by atoms with Crippen molar-refractivity contribution in [2.75, 3.05) is 0 Å². The Labute approximate surface area is 95.1 Å². The average molecular weight is 206 g/mol. The lowest BCUT2D eigenvalue weighted by Crippen LogP contribution is -2.46. The molecule has 2 atom stereocenters. The lowest BCUT2D eigenvalue weighted by molar-refractivity contribution is 0.0101. The van der Waals surface area contributed by atoms with Gasteiger partial charge in [-0.2, -0.15) is 0 Å². The molecule has 0 aromatic rings. The summed E-state index contributed by atoms with van der Waals surface area (Å²) < 4.78 is 0. The van der Waals surface area contributed by atoms with Crippen molar-refractivity contribution in [3.8, 4) is 0 Å². The van der Waals surface area contributed by atoms with Crippen molar-refractivity contribution >= 4 is 0 Å². The summed E-state index contributed by atoms with van der Waals surface area (Å²) in [6.07, 6.45) is 1.34. The maximum absolute atomic E-state index is 2.48. The van der Waals surface area contributed by atoms with Gasteiger partial charge in [-0.1, -0.05) is 52.7 Å². The van der Waals surface area contributed by atoms with Gasteiger partial charge >= 0.3 is 0 Å². The van der Waals surface area contributed by atoms with Crippen LogP contribution in [0.1, 0.15) is 61.8 Å². The smallest absolute Gasteiger partial charge is 0.00514 e. The average Bonchev–Trinajstić information content (AvgIpc) is 2.34. The first kappa shape index (κ1) is 11.2. The molecule has 0 spiro atoms. The Kier molecular flexibility index (Phi) is 1.77. The number of hydrogen-bond donors (Lipinski definition) is 0. The van der Waals surface area contributed by atoms with Gasteiger partial charge in [0.2, 0.25) is 0 Å². The lowest BCUT2D eigenvalue weighted by Gasteiger charge is -2.54. The quantitative estimate of drug-likeness (QED) is 0.499. The van der Waals surface area contributed by atoms with Crippen LogP contribution in [-0.4, -0.2) is 0 Å². The van der Waals surface area contributed by atoms with Crippen molar-refractivity contribution in [1.82, 2.24) is 0 Å². The fraction of sp³-hybridized carbons (Fsp3) is 0.867. The Hall–Kier alpha value is -0.260. The van der Waals surface area contributed by atoms with Gasteiger partial charge in [0.1, 0.15) is 0 Å². The molecule has 86 valence electrons. The molecule has 0 aromatic carbocycles. The number of allylic oxidation sites excluding steroid dienone is 2. The fourth-order valence-corrected chi connectivity index (χ4v) is 4.56. The van der Waals surface area contributed by atoms with Crippen LogP contribution in [-0.2, 0) is 0 Å². The molecule has 1 unspecified atom stereocenters. The Bertz CT molecular complexity index is 322. The van der Waals surface area contributed by atoms with Crippen LogP contribution in [0.15, 0.2) is 11.1 Å². The monoisotopic (exact) mass is 206 g/mol. The lowest BCUT2D eigenvalue weighted by atomic mass is 9.50. The summed E-state index contributed by atoms with van der Waals surface area (Å²) in [5, 5.41) is 0. The molecule has 0 nitrogen and oxygen atoms in total. The minimum absolute atomic E-state index is 0.401. The second-order valence-electron chi connectivity index (χ2n) is 7.34. The van der Waals surface area contributed by atoms with E-state index < -0.39 is 0 Å². The number of hydrogen-bond acceptors (Lipinski definition) is 0. The van der Waals surface area contributed by atoms with Gasteiger partial charge in [0.05, 0.1) is 0 Å². The van der Waals surface area contributed by atoms with Crippen molar-refractivity contribution in [3.05, 3.63) is 11.1 Å².